The number of amides is 1. The first kappa shape index (κ1) is 20.2. The number of hydrogen-bond donors (Lipinski definition) is 1. The predicted octanol–water partition coefficient (Wildman–Crippen LogP) is 4.44. The molecule has 0 saturated carbocycles. The zero-order chi connectivity index (χ0) is 19.3. The number of rotatable bonds is 7. The van der Waals surface area contributed by atoms with Crippen molar-refractivity contribution in [2.24, 2.45) is 0 Å². The van der Waals surface area contributed by atoms with Gasteiger partial charge in [-0.25, -0.2) is 0 Å². The van der Waals surface area contributed by atoms with Gasteiger partial charge in [0.2, 0.25) is 11.7 Å². The van der Waals surface area contributed by atoms with Crippen LogP contribution in [0.4, 0.5) is 0 Å². The summed E-state index contributed by atoms with van der Waals surface area (Å²) in [4.78, 5) is 12.4. The van der Waals surface area contributed by atoms with E-state index in [9.17, 15) is 4.79 Å². The summed E-state index contributed by atoms with van der Waals surface area (Å²) >= 11 is 12.1. The smallest absolute Gasteiger partial charge is 0.224 e. The molecule has 0 spiro atoms. The van der Waals surface area contributed by atoms with Crippen molar-refractivity contribution in [1.29, 1.82) is 0 Å². The second-order valence-electron chi connectivity index (χ2n) is 5.67. The summed E-state index contributed by atoms with van der Waals surface area (Å²) in [5.41, 5.74) is 1.54. The van der Waals surface area contributed by atoms with Gasteiger partial charge in [0.05, 0.1) is 33.8 Å². The quantitative estimate of drug-likeness (QED) is 0.749. The molecule has 0 aliphatic rings. The molecule has 0 radical (unpaired) electrons. The fraction of sp³-hybridized carbons (Fsp3) is 0.316. The summed E-state index contributed by atoms with van der Waals surface area (Å²) in [6.07, 6.45) is 0.159. The molecule has 0 saturated heterocycles. The van der Waals surface area contributed by atoms with Gasteiger partial charge in [-0.05, 0) is 42.3 Å². The maximum atomic E-state index is 12.4. The van der Waals surface area contributed by atoms with E-state index in [1.54, 1.807) is 30.3 Å². The van der Waals surface area contributed by atoms with Crippen LogP contribution in [0.25, 0.3) is 0 Å². The van der Waals surface area contributed by atoms with E-state index < -0.39 is 0 Å². The summed E-state index contributed by atoms with van der Waals surface area (Å²) in [6.45, 7) is 1.86. The van der Waals surface area contributed by atoms with Gasteiger partial charge in [0.15, 0.2) is 11.5 Å². The first-order valence-corrected chi connectivity index (χ1v) is 8.68. The van der Waals surface area contributed by atoms with E-state index in [1.807, 2.05) is 6.92 Å². The van der Waals surface area contributed by atoms with Gasteiger partial charge in [0.1, 0.15) is 0 Å². The third-order valence-corrected chi connectivity index (χ3v) is 4.46. The minimum Gasteiger partial charge on any atom is -0.493 e. The number of carbonyl (C=O) groups is 1. The minimum absolute atomic E-state index is 0.155. The Morgan fingerprint density at radius 1 is 1.04 bits per heavy atom. The highest BCUT2D eigenvalue weighted by Gasteiger charge is 2.17. The molecular weight excluding hydrogens is 377 g/mol. The predicted molar refractivity (Wildman–Crippen MR) is 103 cm³/mol. The van der Waals surface area contributed by atoms with Gasteiger partial charge < -0.3 is 19.5 Å². The molecule has 26 heavy (non-hydrogen) atoms. The molecule has 1 atom stereocenters. The molecule has 0 bridgehead atoms. The number of ether oxygens (including phenoxy) is 3. The van der Waals surface area contributed by atoms with Crippen molar-refractivity contribution in [3.8, 4) is 17.2 Å². The van der Waals surface area contributed by atoms with Crippen LogP contribution in [0, 0.1) is 0 Å². The van der Waals surface area contributed by atoms with Crippen LogP contribution >= 0.6 is 23.2 Å². The average Bonchev–Trinajstić information content (AvgIpc) is 2.60. The van der Waals surface area contributed by atoms with Crippen molar-refractivity contribution in [3.63, 3.8) is 0 Å². The van der Waals surface area contributed by atoms with Gasteiger partial charge in [-0.1, -0.05) is 29.3 Å². The van der Waals surface area contributed by atoms with E-state index in [0.29, 0.717) is 27.3 Å². The van der Waals surface area contributed by atoms with Crippen molar-refractivity contribution in [2.75, 3.05) is 21.3 Å². The molecule has 1 N–H and O–H groups in total. The first-order valence-electron chi connectivity index (χ1n) is 7.92. The molecule has 0 heterocycles. The Morgan fingerprint density at radius 2 is 1.65 bits per heavy atom. The Balaban J connectivity index is 2.14. The Morgan fingerprint density at radius 3 is 2.15 bits per heavy atom. The second kappa shape index (κ2) is 9.01. The van der Waals surface area contributed by atoms with Crippen molar-refractivity contribution < 1.29 is 19.0 Å². The third-order valence-electron chi connectivity index (χ3n) is 3.90. The highest BCUT2D eigenvalue weighted by molar-refractivity contribution is 6.35. The molecule has 5 nitrogen and oxygen atoms in total. The molecule has 2 aromatic carbocycles. The molecule has 7 heteroatoms. The molecule has 0 unspecified atom stereocenters. The lowest BCUT2D eigenvalue weighted by Gasteiger charge is -2.17. The first-order chi connectivity index (χ1) is 12.4. The maximum absolute atomic E-state index is 12.4. The Bertz CT molecular complexity index is 770. The summed E-state index contributed by atoms with van der Waals surface area (Å²) in [5, 5.41) is 3.99. The maximum Gasteiger partial charge on any atom is 0.224 e. The zero-order valence-corrected chi connectivity index (χ0v) is 16.6. The number of hydrogen-bond acceptors (Lipinski definition) is 4. The van der Waals surface area contributed by atoms with Gasteiger partial charge in [0.25, 0.3) is 0 Å². The van der Waals surface area contributed by atoms with Crippen molar-refractivity contribution in [3.05, 3.63) is 51.5 Å². The molecule has 1 amide bonds. The van der Waals surface area contributed by atoms with E-state index in [2.05, 4.69) is 5.32 Å². The zero-order valence-electron chi connectivity index (χ0n) is 15.1. The summed E-state index contributed by atoms with van der Waals surface area (Å²) < 4.78 is 15.9. The summed E-state index contributed by atoms with van der Waals surface area (Å²) in [5.74, 6) is 1.34. The SMILES string of the molecule is COc1cc(CC(=O)N[C@H](C)c2ccc(Cl)cc2Cl)cc(OC)c1OC. The fourth-order valence-corrected chi connectivity index (χ4v) is 3.22. The minimum atomic E-state index is -0.255. The van der Waals surface area contributed by atoms with Gasteiger partial charge in [-0.3, -0.25) is 4.79 Å². The number of carbonyl (C=O) groups excluding carboxylic acids is 1. The van der Waals surface area contributed by atoms with Gasteiger partial charge in [-0.15, -0.1) is 0 Å². The van der Waals surface area contributed by atoms with Crippen molar-refractivity contribution in [2.45, 2.75) is 19.4 Å². The average molecular weight is 398 g/mol. The van der Waals surface area contributed by atoms with Gasteiger partial charge in [-0.2, -0.15) is 0 Å². The van der Waals surface area contributed by atoms with E-state index in [-0.39, 0.29) is 18.4 Å². The van der Waals surface area contributed by atoms with Crippen LogP contribution in [-0.2, 0) is 11.2 Å². The van der Waals surface area contributed by atoms with E-state index in [1.165, 1.54) is 21.3 Å². The van der Waals surface area contributed by atoms with Crippen LogP contribution in [0.2, 0.25) is 10.0 Å². The lowest BCUT2D eigenvalue weighted by molar-refractivity contribution is -0.121. The highest BCUT2D eigenvalue weighted by atomic mass is 35.5. The van der Waals surface area contributed by atoms with E-state index in [0.717, 1.165) is 11.1 Å². The standard InChI is InChI=1S/C19H21Cl2NO4/c1-11(14-6-5-13(20)10-15(14)21)22-18(23)9-12-7-16(24-2)19(26-4)17(8-12)25-3/h5-8,10-11H,9H2,1-4H3,(H,22,23)/t11-/m1/s1. The monoisotopic (exact) mass is 397 g/mol. The molecule has 2 rings (SSSR count). The number of halogens is 2. The van der Waals surface area contributed by atoms with Crippen LogP contribution in [0.3, 0.4) is 0 Å². The van der Waals surface area contributed by atoms with Gasteiger partial charge >= 0.3 is 0 Å². The molecule has 0 fully saturated rings. The molecule has 0 aromatic heterocycles. The van der Waals surface area contributed by atoms with Crippen LogP contribution in [0.15, 0.2) is 30.3 Å². The Hall–Kier alpha value is -2.11. The Kier molecular flexibility index (Phi) is 7.00. The number of methoxy groups -OCH3 is 3. The largest absolute Gasteiger partial charge is 0.493 e. The summed E-state index contributed by atoms with van der Waals surface area (Å²) in [7, 11) is 4.60. The van der Waals surface area contributed by atoms with Gasteiger partial charge in [0, 0.05) is 10.0 Å². The molecular formula is C19H21Cl2NO4. The topological polar surface area (TPSA) is 56.8 Å². The fourth-order valence-electron chi connectivity index (χ4n) is 2.65. The van der Waals surface area contributed by atoms with Crippen LogP contribution in [0.1, 0.15) is 24.1 Å². The van der Waals surface area contributed by atoms with Crippen LogP contribution in [-0.4, -0.2) is 27.2 Å². The highest BCUT2D eigenvalue weighted by Crippen LogP contribution is 2.38. The lowest BCUT2D eigenvalue weighted by atomic mass is 10.1. The van der Waals surface area contributed by atoms with Crippen LogP contribution < -0.4 is 19.5 Å². The molecule has 2 aromatic rings. The van der Waals surface area contributed by atoms with Crippen LogP contribution in [0.5, 0.6) is 17.2 Å². The second-order valence-corrected chi connectivity index (χ2v) is 6.51. The Labute approximate surface area is 163 Å². The normalized spacial score (nSPS) is 11.6. The number of nitrogens with one attached hydrogen (secondary N) is 1. The molecule has 140 valence electrons. The lowest BCUT2D eigenvalue weighted by Crippen LogP contribution is -2.28. The number of benzene rings is 2. The van der Waals surface area contributed by atoms with E-state index >= 15 is 0 Å². The van der Waals surface area contributed by atoms with Crippen molar-refractivity contribution >= 4 is 29.1 Å². The molecule has 0 aliphatic carbocycles. The van der Waals surface area contributed by atoms with E-state index in [4.69, 9.17) is 37.4 Å². The molecule has 0 aliphatic heterocycles. The summed E-state index contributed by atoms with van der Waals surface area (Å²) in [6, 6.07) is 8.44. The third kappa shape index (κ3) is 4.74. The van der Waals surface area contributed by atoms with Crippen molar-refractivity contribution in [1.82, 2.24) is 5.32 Å².